The number of nitrogens with one attached hydrogen (secondary N) is 1. The van der Waals surface area contributed by atoms with E-state index in [1.807, 2.05) is 6.07 Å². The molecular formula is C16H22BrN3O3. The molecule has 1 fully saturated rings. The van der Waals surface area contributed by atoms with Gasteiger partial charge in [-0.2, -0.15) is 0 Å². The summed E-state index contributed by atoms with van der Waals surface area (Å²) in [4.78, 5) is 30.5. The zero-order chi connectivity index (χ0) is 16.7. The molecule has 6 nitrogen and oxygen atoms in total. The summed E-state index contributed by atoms with van der Waals surface area (Å²) in [6.45, 7) is 1.79. The highest BCUT2D eigenvalue weighted by molar-refractivity contribution is 9.10. The van der Waals surface area contributed by atoms with E-state index in [0.29, 0.717) is 31.8 Å². The largest absolute Gasteiger partial charge is 0.385 e. The Morgan fingerprint density at radius 2 is 2.30 bits per heavy atom. The molecule has 126 valence electrons. The number of amides is 2. The van der Waals surface area contributed by atoms with Gasteiger partial charge >= 0.3 is 0 Å². The number of aromatic nitrogens is 1. The van der Waals surface area contributed by atoms with Gasteiger partial charge in [0.15, 0.2) is 0 Å². The Labute approximate surface area is 144 Å². The number of ether oxygens (including phenoxy) is 1. The van der Waals surface area contributed by atoms with Gasteiger partial charge < -0.3 is 15.0 Å². The van der Waals surface area contributed by atoms with E-state index in [1.165, 1.54) is 0 Å². The van der Waals surface area contributed by atoms with Crippen LogP contribution in [0.4, 0.5) is 5.82 Å². The van der Waals surface area contributed by atoms with E-state index in [9.17, 15) is 9.59 Å². The number of carbonyl (C=O) groups is 2. The van der Waals surface area contributed by atoms with Gasteiger partial charge in [-0.05, 0) is 47.3 Å². The number of hydrogen-bond donors (Lipinski definition) is 1. The second-order valence-corrected chi connectivity index (χ2v) is 6.54. The average Bonchev–Trinajstić information content (AvgIpc) is 2.57. The fourth-order valence-electron chi connectivity index (χ4n) is 2.62. The highest BCUT2D eigenvalue weighted by Gasteiger charge is 2.28. The summed E-state index contributed by atoms with van der Waals surface area (Å²) in [5.74, 6) is 0.373. The molecule has 1 saturated heterocycles. The van der Waals surface area contributed by atoms with E-state index in [0.717, 1.165) is 23.9 Å². The average molecular weight is 384 g/mol. The lowest BCUT2D eigenvalue weighted by atomic mass is 9.96. The summed E-state index contributed by atoms with van der Waals surface area (Å²) in [6, 6.07) is 3.58. The molecular weight excluding hydrogens is 362 g/mol. The first-order valence-electron chi connectivity index (χ1n) is 7.79. The predicted octanol–water partition coefficient (Wildman–Crippen LogP) is 2.45. The lowest BCUT2D eigenvalue weighted by Crippen LogP contribution is -2.43. The van der Waals surface area contributed by atoms with Crippen LogP contribution in [0, 0.1) is 5.92 Å². The summed E-state index contributed by atoms with van der Waals surface area (Å²) in [6.07, 6.45) is 4.47. The SMILES string of the molecule is COCCCC(=O)N1CCCC(C(=O)Nc2ccc(Br)cn2)C1. The fourth-order valence-corrected chi connectivity index (χ4v) is 2.86. The van der Waals surface area contributed by atoms with Crippen LogP contribution >= 0.6 is 15.9 Å². The third-order valence-electron chi connectivity index (χ3n) is 3.86. The summed E-state index contributed by atoms with van der Waals surface area (Å²) in [5.41, 5.74) is 0. The van der Waals surface area contributed by atoms with Gasteiger partial charge in [0.1, 0.15) is 5.82 Å². The van der Waals surface area contributed by atoms with Crippen molar-refractivity contribution >= 4 is 33.6 Å². The normalized spacial score (nSPS) is 17.8. The van der Waals surface area contributed by atoms with Crippen LogP contribution < -0.4 is 5.32 Å². The van der Waals surface area contributed by atoms with E-state index in [-0.39, 0.29) is 17.7 Å². The Morgan fingerprint density at radius 1 is 1.48 bits per heavy atom. The van der Waals surface area contributed by atoms with Crippen LogP contribution in [0.25, 0.3) is 0 Å². The summed E-state index contributed by atoms with van der Waals surface area (Å²) < 4.78 is 5.83. The number of halogens is 1. The second-order valence-electron chi connectivity index (χ2n) is 5.63. The minimum absolute atomic E-state index is 0.0748. The number of hydrogen-bond acceptors (Lipinski definition) is 4. The van der Waals surface area contributed by atoms with Crippen LogP contribution in [-0.2, 0) is 14.3 Å². The van der Waals surface area contributed by atoms with Gasteiger partial charge in [0, 0.05) is 43.9 Å². The maximum Gasteiger partial charge on any atom is 0.230 e. The van der Waals surface area contributed by atoms with Gasteiger partial charge in [-0.3, -0.25) is 9.59 Å². The molecule has 1 aromatic heterocycles. The number of likely N-dealkylation sites (tertiary alicyclic amines) is 1. The van der Waals surface area contributed by atoms with Crippen LogP contribution in [0.5, 0.6) is 0 Å². The molecule has 1 aromatic rings. The van der Waals surface area contributed by atoms with E-state index in [2.05, 4.69) is 26.2 Å². The summed E-state index contributed by atoms with van der Waals surface area (Å²) in [7, 11) is 1.63. The first-order valence-corrected chi connectivity index (χ1v) is 8.58. The minimum atomic E-state index is -0.180. The Bertz CT molecular complexity index is 536. The van der Waals surface area contributed by atoms with Crippen LogP contribution in [0.1, 0.15) is 25.7 Å². The summed E-state index contributed by atoms with van der Waals surface area (Å²) in [5, 5.41) is 2.82. The van der Waals surface area contributed by atoms with E-state index < -0.39 is 0 Å². The van der Waals surface area contributed by atoms with Crippen molar-refractivity contribution in [3.63, 3.8) is 0 Å². The minimum Gasteiger partial charge on any atom is -0.385 e. The van der Waals surface area contributed by atoms with Crippen molar-refractivity contribution in [2.24, 2.45) is 5.92 Å². The van der Waals surface area contributed by atoms with Gasteiger partial charge in [0.25, 0.3) is 0 Å². The van der Waals surface area contributed by atoms with Crippen molar-refractivity contribution in [2.75, 3.05) is 32.1 Å². The lowest BCUT2D eigenvalue weighted by molar-refractivity contribution is -0.134. The topological polar surface area (TPSA) is 71.5 Å². The molecule has 1 unspecified atom stereocenters. The van der Waals surface area contributed by atoms with Gasteiger partial charge in [0.05, 0.1) is 5.92 Å². The van der Waals surface area contributed by atoms with Gasteiger partial charge in [-0.1, -0.05) is 0 Å². The molecule has 1 aliphatic heterocycles. The monoisotopic (exact) mass is 383 g/mol. The molecule has 1 aliphatic rings. The molecule has 0 aliphatic carbocycles. The molecule has 1 N–H and O–H groups in total. The van der Waals surface area contributed by atoms with Crippen LogP contribution in [0.2, 0.25) is 0 Å². The third-order valence-corrected chi connectivity index (χ3v) is 4.33. The molecule has 0 bridgehead atoms. The van der Waals surface area contributed by atoms with Crippen LogP contribution in [-0.4, -0.2) is 48.5 Å². The van der Waals surface area contributed by atoms with Crippen molar-refractivity contribution < 1.29 is 14.3 Å². The smallest absolute Gasteiger partial charge is 0.230 e. The predicted molar refractivity (Wildman–Crippen MR) is 91.0 cm³/mol. The molecule has 0 saturated carbocycles. The first-order chi connectivity index (χ1) is 11.1. The summed E-state index contributed by atoms with van der Waals surface area (Å²) >= 11 is 3.31. The third kappa shape index (κ3) is 5.58. The first kappa shape index (κ1) is 17.9. The number of carbonyl (C=O) groups excluding carboxylic acids is 2. The molecule has 0 radical (unpaired) electrons. The molecule has 2 heterocycles. The van der Waals surface area contributed by atoms with Crippen molar-refractivity contribution in [2.45, 2.75) is 25.7 Å². The number of anilines is 1. The number of methoxy groups -OCH3 is 1. The van der Waals surface area contributed by atoms with Crippen LogP contribution in [0.15, 0.2) is 22.8 Å². The van der Waals surface area contributed by atoms with Gasteiger partial charge in [-0.15, -0.1) is 0 Å². The molecule has 1 atom stereocenters. The standard InChI is InChI=1S/C16H22BrN3O3/c1-23-9-3-5-15(21)20-8-2-4-12(11-20)16(22)19-14-7-6-13(17)10-18-14/h6-7,10,12H,2-5,8-9,11H2,1H3,(H,18,19,22). The lowest BCUT2D eigenvalue weighted by Gasteiger charge is -2.32. The fraction of sp³-hybridized carbons (Fsp3) is 0.562. The van der Waals surface area contributed by atoms with Crippen molar-refractivity contribution in [1.29, 1.82) is 0 Å². The zero-order valence-electron chi connectivity index (χ0n) is 13.3. The van der Waals surface area contributed by atoms with Gasteiger partial charge in [-0.25, -0.2) is 4.98 Å². The number of rotatable bonds is 6. The molecule has 23 heavy (non-hydrogen) atoms. The Balaban J connectivity index is 1.85. The van der Waals surface area contributed by atoms with Gasteiger partial charge in [0.2, 0.25) is 11.8 Å². The van der Waals surface area contributed by atoms with E-state index in [1.54, 1.807) is 24.3 Å². The highest BCUT2D eigenvalue weighted by atomic mass is 79.9. The van der Waals surface area contributed by atoms with Crippen molar-refractivity contribution in [3.8, 4) is 0 Å². The maximum atomic E-state index is 12.4. The number of piperidine rings is 1. The van der Waals surface area contributed by atoms with Crippen LogP contribution in [0.3, 0.4) is 0 Å². The van der Waals surface area contributed by atoms with E-state index in [4.69, 9.17) is 4.74 Å². The molecule has 7 heteroatoms. The maximum absolute atomic E-state index is 12.4. The van der Waals surface area contributed by atoms with E-state index >= 15 is 0 Å². The Hall–Kier alpha value is -1.47. The molecule has 2 rings (SSSR count). The Morgan fingerprint density at radius 3 is 3.00 bits per heavy atom. The molecule has 0 aromatic carbocycles. The van der Waals surface area contributed by atoms with Crippen molar-refractivity contribution in [3.05, 3.63) is 22.8 Å². The highest BCUT2D eigenvalue weighted by Crippen LogP contribution is 2.19. The second kappa shape index (κ2) is 8.98. The molecule has 0 spiro atoms. The van der Waals surface area contributed by atoms with Crippen molar-refractivity contribution in [1.82, 2.24) is 9.88 Å². The molecule has 2 amide bonds. The zero-order valence-corrected chi connectivity index (χ0v) is 14.8. The number of nitrogens with zero attached hydrogens (tertiary/aromatic N) is 2. The quantitative estimate of drug-likeness (QED) is 0.765. The number of pyridine rings is 1. The Kier molecular flexibility index (Phi) is 6.98.